The van der Waals surface area contributed by atoms with Crippen LogP contribution in [-0.2, 0) is 65.4 Å². The fraction of sp³-hybridized carbons (Fsp3) is 0.934. The molecule has 7 atom stereocenters. The zero-order valence-electron chi connectivity index (χ0n) is 51.4. The van der Waals surface area contributed by atoms with E-state index in [1.54, 1.807) is 0 Å². The summed E-state index contributed by atoms with van der Waals surface area (Å²) in [4.78, 5) is 72.0. The number of aliphatic hydroxyl groups is 1. The Bertz CT molecular complexity index is 1590. The molecule has 0 bridgehead atoms. The molecule has 0 saturated carbocycles. The molecule has 4 unspecified atom stereocenters. The van der Waals surface area contributed by atoms with Gasteiger partial charge < -0.3 is 33.8 Å². The lowest BCUT2D eigenvalue weighted by Crippen LogP contribution is -2.30. The third-order valence-corrected chi connectivity index (χ3v) is 16.6. The molecule has 0 aromatic heterocycles. The fourth-order valence-electron chi connectivity index (χ4n) is 8.94. The van der Waals surface area contributed by atoms with Gasteiger partial charge in [0.05, 0.1) is 26.4 Å². The van der Waals surface area contributed by atoms with Gasteiger partial charge in [-0.05, 0) is 37.5 Å². The highest BCUT2D eigenvalue weighted by molar-refractivity contribution is 7.47. The summed E-state index contributed by atoms with van der Waals surface area (Å²) in [6, 6.07) is 0. The molecular formula is C61H118O17P2. The third-order valence-electron chi connectivity index (χ3n) is 14.7. The molecule has 19 heteroatoms. The summed E-state index contributed by atoms with van der Waals surface area (Å²) in [6.07, 6.45) is 34.8. The lowest BCUT2D eigenvalue weighted by atomic mass is 9.99. The van der Waals surface area contributed by atoms with Crippen molar-refractivity contribution in [3.05, 3.63) is 0 Å². The molecule has 0 spiro atoms. The standard InChI is InChI=1S/C61H118O17P2/c1-7-11-13-15-17-19-20-25-33-39-45-60(65)77-56(49-71-58(63)43-37-31-24-18-16-14-12-8-2)51-75-79(67,68)73-47-55(62)48-74-80(69,70)76-52-57(50-72-59(64)44-38-32-28-27-30-36-42-54(6)10-4)78-61(66)46-40-34-26-22-21-23-29-35-41-53(5)9-3/h53-57,62H,7-52H2,1-6H3,(H,67,68)(H,69,70)/t53?,54?,55-,56+,57+/m0/s1. The van der Waals surface area contributed by atoms with Crippen LogP contribution in [0.5, 0.6) is 0 Å². The summed E-state index contributed by atoms with van der Waals surface area (Å²) in [6.45, 7) is 9.39. The summed E-state index contributed by atoms with van der Waals surface area (Å²) < 4.78 is 67.8. The molecule has 0 fully saturated rings. The van der Waals surface area contributed by atoms with E-state index < -0.39 is 97.5 Å². The van der Waals surface area contributed by atoms with Crippen LogP contribution in [0.15, 0.2) is 0 Å². The van der Waals surface area contributed by atoms with Crippen molar-refractivity contribution in [3.63, 3.8) is 0 Å². The van der Waals surface area contributed by atoms with Crippen LogP contribution in [0.25, 0.3) is 0 Å². The Morgan fingerprint density at radius 2 is 0.600 bits per heavy atom. The first kappa shape index (κ1) is 78.1. The lowest BCUT2D eigenvalue weighted by molar-refractivity contribution is -0.161. The van der Waals surface area contributed by atoms with Crippen molar-refractivity contribution in [2.75, 3.05) is 39.6 Å². The van der Waals surface area contributed by atoms with E-state index in [2.05, 4.69) is 41.5 Å². The number of carbonyl (C=O) groups excluding carboxylic acids is 4. The SMILES string of the molecule is CCCCCCCCCCCCC(=O)O[C@H](COC(=O)CCCCCCCCCC)COP(=O)(O)OC[C@H](O)COP(=O)(O)OC[C@@H](COC(=O)CCCCCCCCC(C)CC)OC(=O)CCCCCCCCCCC(C)CC. The lowest BCUT2D eigenvalue weighted by Gasteiger charge is -2.21. The minimum Gasteiger partial charge on any atom is -0.462 e. The predicted molar refractivity (Wildman–Crippen MR) is 317 cm³/mol. The summed E-state index contributed by atoms with van der Waals surface area (Å²) in [5, 5.41) is 10.5. The normalized spacial score (nSPS) is 15.1. The highest BCUT2D eigenvalue weighted by Crippen LogP contribution is 2.45. The Morgan fingerprint density at radius 1 is 0.350 bits per heavy atom. The smallest absolute Gasteiger partial charge is 0.462 e. The number of rotatable bonds is 60. The van der Waals surface area contributed by atoms with Crippen molar-refractivity contribution in [2.24, 2.45) is 11.8 Å². The molecule has 0 amide bonds. The van der Waals surface area contributed by atoms with Gasteiger partial charge in [-0.2, -0.15) is 0 Å². The monoisotopic (exact) mass is 1180 g/mol. The van der Waals surface area contributed by atoms with Gasteiger partial charge in [0.15, 0.2) is 12.2 Å². The minimum atomic E-state index is -4.94. The second-order valence-electron chi connectivity index (χ2n) is 22.6. The van der Waals surface area contributed by atoms with Crippen molar-refractivity contribution in [1.29, 1.82) is 0 Å². The first-order chi connectivity index (χ1) is 38.4. The van der Waals surface area contributed by atoms with E-state index in [1.807, 2.05) is 0 Å². The van der Waals surface area contributed by atoms with Crippen LogP contribution in [0.4, 0.5) is 0 Å². The van der Waals surface area contributed by atoms with Crippen LogP contribution in [0.2, 0.25) is 0 Å². The molecule has 80 heavy (non-hydrogen) atoms. The van der Waals surface area contributed by atoms with E-state index in [4.69, 9.17) is 37.0 Å². The second kappa shape index (κ2) is 53.8. The molecule has 0 rings (SSSR count). The van der Waals surface area contributed by atoms with E-state index >= 15 is 0 Å². The number of phosphoric acid groups is 2. The number of aliphatic hydroxyl groups excluding tert-OH is 1. The molecule has 0 aromatic rings. The molecule has 0 aliphatic carbocycles. The Morgan fingerprint density at radius 3 is 0.887 bits per heavy atom. The molecule has 0 aromatic carbocycles. The highest BCUT2D eigenvalue weighted by Gasteiger charge is 2.30. The maximum absolute atomic E-state index is 12.9. The molecule has 0 aliphatic heterocycles. The number of phosphoric ester groups is 2. The van der Waals surface area contributed by atoms with Gasteiger partial charge in [0.2, 0.25) is 0 Å². The maximum atomic E-state index is 12.9. The molecule has 474 valence electrons. The molecular weight excluding hydrogens is 1070 g/mol. The van der Waals surface area contributed by atoms with Gasteiger partial charge in [0.25, 0.3) is 0 Å². The van der Waals surface area contributed by atoms with Gasteiger partial charge in [-0.1, -0.05) is 247 Å². The van der Waals surface area contributed by atoms with E-state index in [9.17, 15) is 43.2 Å². The van der Waals surface area contributed by atoms with Crippen molar-refractivity contribution < 1.29 is 80.2 Å². The number of hydrogen-bond acceptors (Lipinski definition) is 15. The Labute approximate surface area is 486 Å². The second-order valence-corrected chi connectivity index (χ2v) is 25.5. The van der Waals surface area contributed by atoms with Crippen LogP contribution in [0.3, 0.4) is 0 Å². The largest absolute Gasteiger partial charge is 0.472 e. The first-order valence-corrected chi connectivity index (χ1v) is 35.1. The predicted octanol–water partition coefficient (Wildman–Crippen LogP) is 16.5. The van der Waals surface area contributed by atoms with Crippen LogP contribution in [0.1, 0.15) is 298 Å². The molecule has 17 nitrogen and oxygen atoms in total. The number of hydrogen-bond donors (Lipinski definition) is 3. The van der Waals surface area contributed by atoms with Gasteiger partial charge in [0, 0.05) is 25.7 Å². The number of ether oxygens (including phenoxy) is 4. The number of esters is 4. The summed E-state index contributed by atoms with van der Waals surface area (Å²) in [7, 11) is -9.88. The minimum absolute atomic E-state index is 0.104. The Kier molecular flexibility index (Phi) is 52.5. The molecule has 0 heterocycles. The fourth-order valence-corrected chi connectivity index (χ4v) is 10.5. The van der Waals surface area contributed by atoms with Gasteiger partial charge in [0.1, 0.15) is 19.3 Å². The molecule has 0 radical (unpaired) electrons. The van der Waals surface area contributed by atoms with Gasteiger partial charge >= 0.3 is 39.5 Å². The van der Waals surface area contributed by atoms with Crippen molar-refractivity contribution in [3.8, 4) is 0 Å². The average Bonchev–Trinajstić information content (AvgIpc) is 3.43. The van der Waals surface area contributed by atoms with Crippen LogP contribution < -0.4 is 0 Å². The summed E-state index contributed by atoms with van der Waals surface area (Å²) in [5.74, 6) is -0.642. The van der Waals surface area contributed by atoms with Gasteiger partial charge in [-0.3, -0.25) is 37.3 Å². The van der Waals surface area contributed by atoms with E-state index in [0.29, 0.717) is 25.7 Å². The zero-order valence-corrected chi connectivity index (χ0v) is 53.2. The van der Waals surface area contributed by atoms with E-state index in [0.717, 1.165) is 115 Å². The number of unbranched alkanes of at least 4 members (excludes halogenated alkanes) is 28. The average molecular weight is 1190 g/mol. The van der Waals surface area contributed by atoms with E-state index in [1.165, 1.54) is 103 Å². The summed E-state index contributed by atoms with van der Waals surface area (Å²) in [5.41, 5.74) is 0. The highest BCUT2D eigenvalue weighted by atomic mass is 31.2. The topological polar surface area (TPSA) is 237 Å². The van der Waals surface area contributed by atoms with Gasteiger partial charge in [-0.15, -0.1) is 0 Å². The van der Waals surface area contributed by atoms with Crippen LogP contribution >= 0.6 is 15.6 Å². The van der Waals surface area contributed by atoms with Crippen LogP contribution in [-0.4, -0.2) is 96.7 Å². The Balaban J connectivity index is 5.24. The molecule has 3 N–H and O–H groups in total. The van der Waals surface area contributed by atoms with Crippen molar-refractivity contribution >= 4 is 39.5 Å². The third kappa shape index (κ3) is 52.8. The zero-order chi connectivity index (χ0) is 59.4. The Hall–Kier alpha value is -1.94. The first-order valence-electron chi connectivity index (χ1n) is 32.1. The molecule has 0 saturated heterocycles. The maximum Gasteiger partial charge on any atom is 0.472 e. The van der Waals surface area contributed by atoms with Crippen molar-refractivity contribution in [1.82, 2.24) is 0 Å². The van der Waals surface area contributed by atoms with E-state index in [-0.39, 0.29) is 25.7 Å². The number of carbonyl (C=O) groups is 4. The quantitative estimate of drug-likeness (QED) is 0.0222. The van der Waals surface area contributed by atoms with Crippen molar-refractivity contribution in [2.45, 2.75) is 317 Å². The summed E-state index contributed by atoms with van der Waals surface area (Å²) >= 11 is 0. The van der Waals surface area contributed by atoms with Gasteiger partial charge in [-0.25, -0.2) is 9.13 Å². The molecule has 0 aliphatic rings. The van der Waals surface area contributed by atoms with Crippen LogP contribution in [0, 0.1) is 11.8 Å².